The molecule has 1 saturated carbocycles. The molecular weight excluding hydrogens is 188 g/mol. The number of aromatic nitrogens is 2. The summed E-state index contributed by atoms with van der Waals surface area (Å²) < 4.78 is 7.45. The van der Waals surface area contributed by atoms with E-state index in [0.29, 0.717) is 16.7 Å². The first-order chi connectivity index (χ1) is 6.85. The molecule has 1 aromatic heterocycles. The van der Waals surface area contributed by atoms with Gasteiger partial charge in [0.2, 0.25) is 5.88 Å². The molecule has 0 radical (unpaired) electrons. The molecule has 0 unspecified atom stereocenters. The second-order valence-corrected chi connectivity index (χ2v) is 5.63. The zero-order valence-electron chi connectivity index (χ0n) is 10.2. The SMILES string of the molecule is Cn1ccc(OCC2C(C)(C)C2(C)C)n1. The minimum absolute atomic E-state index is 0.391. The highest BCUT2D eigenvalue weighted by Gasteiger charge is 2.64. The van der Waals surface area contributed by atoms with Crippen molar-refractivity contribution in [2.24, 2.45) is 23.8 Å². The summed E-state index contributed by atoms with van der Waals surface area (Å²) in [6.07, 6.45) is 1.90. The highest BCUT2D eigenvalue weighted by molar-refractivity contribution is 5.14. The molecule has 0 amide bonds. The van der Waals surface area contributed by atoms with E-state index in [2.05, 4.69) is 32.8 Å². The van der Waals surface area contributed by atoms with Gasteiger partial charge in [-0.25, -0.2) is 0 Å². The van der Waals surface area contributed by atoms with Crippen LogP contribution >= 0.6 is 0 Å². The molecule has 3 nitrogen and oxygen atoms in total. The average molecular weight is 208 g/mol. The van der Waals surface area contributed by atoms with Crippen molar-refractivity contribution in [2.45, 2.75) is 27.7 Å². The van der Waals surface area contributed by atoms with Crippen LogP contribution in [0.2, 0.25) is 0 Å². The Hall–Kier alpha value is -0.990. The fraction of sp³-hybridized carbons (Fsp3) is 0.750. The Kier molecular flexibility index (Phi) is 2.11. The van der Waals surface area contributed by atoms with E-state index < -0.39 is 0 Å². The van der Waals surface area contributed by atoms with Crippen LogP contribution in [0.5, 0.6) is 5.88 Å². The van der Waals surface area contributed by atoms with Crippen molar-refractivity contribution in [3.63, 3.8) is 0 Å². The minimum Gasteiger partial charge on any atom is -0.476 e. The van der Waals surface area contributed by atoms with Gasteiger partial charge in [0, 0.05) is 25.2 Å². The second kappa shape index (κ2) is 3.00. The van der Waals surface area contributed by atoms with E-state index in [9.17, 15) is 0 Å². The molecule has 15 heavy (non-hydrogen) atoms. The first-order valence-corrected chi connectivity index (χ1v) is 5.48. The van der Waals surface area contributed by atoms with Gasteiger partial charge in [-0.05, 0) is 10.8 Å². The predicted molar refractivity (Wildman–Crippen MR) is 59.8 cm³/mol. The number of nitrogens with zero attached hydrogens (tertiary/aromatic N) is 2. The lowest BCUT2D eigenvalue weighted by Crippen LogP contribution is -2.05. The quantitative estimate of drug-likeness (QED) is 0.763. The number of hydrogen-bond acceptors (Lipinski definition) is 2. The van der Waals surface area contributed by atoms with Gasteiger partial charge >= 0.3 is 0 Å². The Balaban J connectivity index is 1.91. The fourth-order valence-corrected chi connectivity index (χ4v) is 2.39. The maximum absolute atomic E-state index is 5.69. The number of rotatable bonds is 3. The third kappa shape index (κ3) is 1.54. The summed E-state index contributed by atoms with van der Waals surface area (Å²) in [5.41, 5.74) is 0.781. The second-order valence-electron chi connectivity index (χ2n) is 5.63. The van der Waals surface area contributed by atoms with E-state index in [1.807, 2.05) is 19.3 Å². The van der Waals surface area contributed by atoms with Crippen LogP contribution in [0.15, 0.2) is 12.3 Å². The molecule has 0 N–H and O–H groups in total. The maximum Gasteiger partial charge on any atom is 0.232 e. The zero-order chi connectivity index (χ0) is 11.3. The zero-order valence-corrected chi connectivity index (χ0v) is 10.2. The molecule has 1 aliphatic carbocycles. The van der Waals surface area contributed by atoms with Gasteiger partial charge in [0.05, 0.1) is 6.61 Å². The van der Waals surface area contributed by atoms with Crippen LogP contribution in [0, 0.1) is 16.7 Å². The Morgan fingerprint density at radius 1 is 1.33 bits per heavy atom. The summed E-state index contributed by atoms with van der Waals surface area (Å²) in [4.78, 5) is 0. The summed E-state index contributed by atoms with van der Waals surface area (Å²) in [6, 6.07) is 1.91. The summed E-state index contributed by atoms with van der Waals surface area (Å²) in [6.45, 7) is 9.99. The number of hydrogen-bond donors (Lipinski definition) is 0. The Labute approximate surface area is 91.4 Å². The third-order valence-corrected chi connectivity index (χ3v) is 4.41. The van der Waals surface area contributed by atoms with Crippen molar-refractivity contribution in [3.05, 3.63) is 12.3 Å². The molecule has 0 aliphatic heterocycles. The van der Waals surface area contributed by atoms with E-state index in [-0.39, 0.29) is 0 Å². The fourth-order valence-electron chi connectivity index (χ4n) is 2.39. The van der Waals surface area contributed by atoms with Crippen molar-refractivity contribution in [1.82, 2.24) is 9.78 Å². The standard InChI is InChI=1S/C12H20N2O/c1-11(2)9(12(11,3)4)8-15-10-6-7-14(5)13-10/h6-7,9H,8H2,1-5H3. The minimum atomic E-state index is 0.391. The molecule has 0 bridgehead atoms. The molecule has 2 rings (SSSR count). The van der Waals surface area contributed by atoms with Crippen LogP contribution in [0.3, 0.4) is 0 Å². The predicted octanol–water partition coefficient (Wildman–Crippen LogP) is 2.48. The lowest BCUT2D eigenvalue weighted by molar-refractivity contribution is 0.261. The average Bonchev–Trinajstić information content (AvgIpc) is 2.50. The van der Waals surface area contributed by atoms with Gasteiger partial charge in [0.15, 0.2) is 0 Å². The largest absolute Gasteiger partial charge is 0.476 e. The van der Waals surface area contributed by atoms with Gasteiger partial charge in [0.1, 0.15) is 0 Å². The maximum atomic E-state index is 5.69. The molecule has 1 heterocycles. The molecule has 0 atom stereocenters. The molecule has 84 valence electrons. The molecule has 1 aromatic rings. The Bertz CT molecular complexity index is 351. The van der Waals surface area contributed by atoms with Gasteiger partial charge in [-0.2, -0.15) is 0 Å². The summed E-state index contributed by atoms with van der Waals surface area (Å²) in [5, 5.41) is 4.20. The van der Waals surface area contributed by atoms with Gasteiger partial charge in [0.25, 0.3) is 0 Å². The van der Waals surface area contributed by atoms with E-state index >= 15 is 0 Å². The molecule has 0 spiro atoms. The summed E-state index contributed by atoms with van der Waals surface area (Å²) in [7, 11) is 1.90. The number of aryl methyl sites for hydroxylation is 1. The number of ether oxygens (including phenoxy) is 1. The van der Waals surface area contributed by atoms with Crippen LogP contribution in [-0.4, -0.2) is 16.4 Å². The van der Waals surface area contributed by atoms with Crippen LogP contribution < -0.4 is 4.74 Å². The lowest BCUT2D eigenvalue weighted by atomic mass is 10.0. The van der Waals surface area contributed by atoms with Crippen molar-refractivity contribution < 1.29 is 4.74 Å². The molecule has 0 saturated heterocycles. The van der Waals surface area contributed by atoms with E-state index in [1.165, 1.54) is 0 Å². The van der Waals surface area contributed by atoms with Crippen molar-refractivity contribution in [3.8, 4) is 5.88 Å². The van der Waals surface area contributed by atoms with E-state index in [1.54, 1.807) is 4.68 Å². The van der Waals surface area contributed by atoms with Gasteiger partial charge in [-0.3, -0.25) is 4.68 Å². The van der Waals surface area contributed by atoms with Crippen LogP contribution in [-0.2, 0) is 7.05 Å². The molecular formula is C12H20N2O. The first kappa shape index (κ1) is 10.5. The van der Waals surface area contributed by atoms with Gasteiger partial charge in [-0.15, -0.1) is 5.10 Å². The molecule has 1 fully saturated rings. The van der Waals surface area contributed by atoms with Crippen molar-refractivity contribution in [2.75, 3.05) is 6.61 Å². The van der Waals surface area contributed by atoms with Crippen LogP contribution in [0.1, 0.15) is 27.7 Å². The van der Waals surface area contributed by atoms with E-state index in [4.69, 9.17) is 4.74 Å². The lowest BCUT2D eigenvalue weighted by Gasteiger charge is -2.03. The van der Waals surface area contributed by atoms with E-state index in [0.717, 1.165) is 12.5 Å². The van der Waals surface area contributed by atoms with Crippen molar-refractivity contribution in [1.29, 1.82) is 0 Å². The Morgan fingerprint density at radius 2 is 1.93 bits per heavy atom. The monoisotopic (exact) mass is 208 g/mol. The molecule has 3 heteroatoms. The summed E-state index contributed by atoms with van der Waals surface area (Å²) >= 11 is 0. The van der Waals surface area contributed by atoms with Gasteiger partial charge in [-0.1, -0.05) is 27.7 Å². The van der Waals surface area contributed by atoms with Gasteiger partial charge < -0.3 is 4.74 Å². The normalized spacial score (nSPS) is 22.7. The smallest absolute Gasteiger partial charge is 0.232 e. The molecule has 1 aliphatic rings. The highest BCUT2D eigenvalue weighted by Crippen LogP contribution is 2.68. The van der Waals surface area contributed by atoms with Crippen LogP contribution in [0.25, 0.3) is 0 Å². The Morgan fingerprint density at radius 3 is 2.33 bits per heavy atom. The highest BCUT2D eigenvalue weighted by atomic mass is 16.5. The topological polar surface area (TPSA) is 27.1 Å². The summed E-state index contributed by atoms with van der Waals surface area (Å²) in [5.74, 6) is 1.36. The van der Waals surface area contributed by atoms with Crippen molar-refractivity contribution >= 4 is 0 Å². The molecule has 0 aromatic carbocycles. The van der Waals surface area contributed by atoms with Crippen LogP contribution in [0.4, 0.5) is 0 Å². The third-order valence-electron chi connectivity index (χ3n) is 4.41. The first-order valence-electron chi connectivity index (χ1n) is 5.48.